The summed E-state index contributed by atoms with van der Waals surface area (Å²) in [5, 5.41) is 12.0. The first kappa shape index (κ1) is 17.7. The van der Waals surface area contributed by atoms with Gasteiger partial charge in [0.05, 0.1) is 13.2 Å². The van der Waals surface area contributed by atoms with Gasteiger partial charge in [-0.25, -0.2) is 0 Å². The third kappa shape index (κ3) is 3.75. The van der Waals surface area contributed by atoms with Gasteiger partial charge in [0.2, 0.25) is 5.91 Å². The van der Waals surface area contributed by atoms with Crippen molar-refractivity contribution >= 4 is 17.4 Å². The van der Waals surface area contributed by atoms with E-state index >= 15 is 0 Å². The molecule has 2 aromatic rings. The normalized spacial score (nSPS) is 16.2. The summed E-state index contributed by atoms with van der Waals surface area (Å²) in [6.07, 6.45) is 2.03. The van der Waals surface area contributed by atoms with Crippen LogP contribution in [0.25, 0.3) is 0 Å². The molecule has 2 atom stereocenters. The highest BCUT2D eigenvalue weighted by molar-refractivity contribution is 6.09. The van der Waals surface area contributed by atoms with Crippen molar-refractivity contribution < 1.29 is 14.3 Å². The second-order valence-electron chi connectivity index (χ2n) is 6.38. The smallest absolute Gasteiger partial charge is 0.249 e. The van der Waals surface area contributed by atoms with Gasteiger partial charge in [-0.2, -0.15) is 5.26 Å². The molecule has 1 aliphatic carbocycles. The molecule has 0 unspecified atom stereocenters. The van der Waals surface area contributed by atoms with Gasteiger partial charge >= 0.3 is 0 Å². The summed E-state index contributed by atoms with van der Waals surface area (Å²) in [6, 6.07) is 16.6. The van der Waals surface area contributed by atoms with E-state index in [1.54, 1.807) is 31.4 Å². The van der Waals surface area contributed by atoms with Gasteiger partial charge in [0.25, 0.3) is 0 Å². The lowest BCUT2D eigenvalue weighted by Gasteiger charge is -2.14. The SMILES string of the molecule is COc1ccc(NC(=O)[C@H](C#N)C(=O)C[C@@H]2CCc3ccccc32)cc1. The lowest BCUT2D eigenvalue weighted by Crippen LogP contribution is -2.29. The number of hydrogen-bond donors (Lipinski definition) is 1. The van der Waals surface area contributed by atoms with Crippen LogP contribution < -0.4 is 10.1 Å². The van der Waals surface area contributed by atoms with Gasteiger partial charge in [-0.3, -0.25) is 9.59 Å². The summed E-state index contributed by atoms with van der Waals surface area (Å²) in [6.45, 7) is 0. The minimum absolute atomic E-state index is 0.0864. The molecule has 5 nitrogen and oxygen atoms in total. The molecule has 0 bridgehead atoms. The van der Waals surface area contributed by atoms with Gasteiger partial charge in [0.15, 0.2) is 11.7 Å². The Morgan fingerprint density at radius 1 is 1.23 bits per heavy atom. The Kier molecular flexibility index (Phi) is 5.33. The molecule has 0 radical (unpaired) electrons. The fourth-order valence-corrected chi connectivity index (χ4v) is 3.38. The number of nitrogens with one attached hydrogen (secondary N) is 1. The molecule has 1 aliphatic rings. The van der Waals surface area contributed by atoms with Crippen molar-refractivity contribution in [1.29, 1.82) is 5.26 Å². The third-order valence-corrected chi connectivity index (χ3v) is 4.78. The minimum Gasteiger partial charge on any atom is -0.497 e. The Morgan fingerprint density at radius 3 is 2.65 bits per heavy atom. The van der Waals surface area contributed by atoms with Crippen molar-refractivity contribution in [2.75, 3.05) is 12.4 Å². The molecule has 0 aromatic heterocycles. The Bertz CT molecular complexity index is 852. The second-order valence-corrected chi connectivity index (χ2v) is 6.38. The number of carbonyl (C=O) groups is 2. The van der Waals surface area contributed by atoms with Crippen LogP contribution in [-0.2, 0) is 16.0 Å². The number of hydrogen-bond acceptors (Lipinski definition) is 4. The first-order chi connectivity index (χ1) is 12.6. The van der Waals surface area contributed by atoms with Crippen LogP contribution in [-0.4, -0.2) is 18.8 Å². The van der Waals surface area contributed by atoms with Gasteiger partial charge < -0.3 is 10.1 Å². The maximum Gasteiger partial charge on any atom is 0.249 e. The number of nitriles is 1. The van der Waals surface area contributed by atoms with E-state index in [1.165, 1.54) is 5.56 Å². The van der Waals surface area contributed by atoms with Gasteiger partial charge in [-0.15, -0.1) is 0 Å². The quantitative estimate of drug-likeness (QED) is 0.811. The summed E-state index contributed by atoms with van der Waals surface area (Å²) in [7, 11) is 1.55. The van der Waals surface area contributed by atoms with Crippen LogP contribution in [0.15, 0.2) is 48.5 Å². The summed E-state index contributed by atoms with van der Waals surface area (Å²) < 4.78 is 5.06. The van der Waals surface area contributed by atoms with E-state index in [1.807, 2.05) is 24.3 Å². The lowest BCUT2D eigenvalue weighted by molar-refractivity contribution is -0.129. The van der Waals surface area contributed by atoms with Gasteiger partial charge in [-0.1, -0.05) is 24.3 Å². The fourth-order valence-electron chi connectivity index (χ4n) is 3.38. The van der Waals surface area contributed by atoms with Crippen molar-refractivity contribution in [1.82, 2.24) is 0 Å². The maximum atomic E-state index is 12.6. The Morgan fingerprint density at radius 2 is 1.96 bits per heavy atom. The number of rotatable bonds is 6. The Hall–Kier alpha value is -3.13. The number of ketones is 1. The summed E-state index contributed by atoms with van der Waals surface area (Å²) in [5.41, 5.74) is 2.93. The lowest BCUT2D eigenvalue weighted by atomic mass is 9.90. The fraction of sp³-hybridized carbons (Fsp3) is 0.286. The van der Waals surface area contributed by atoms with Crippen molar-refractivity contribution in [3.8, 4) is 11.8 Å². The highest BCUT2D eigenvalue weighted by Gasteiger charge is 2.31. The zero-order valence-electron chi connectivity index (χ0n) is 14.6. The van der Waals surface area contributed by atoms with E-state index in [4.69, 9.17) is 4.74 Å². The first-order valence-electron chi connectivity index (χ1n) is 8.57. The molecular weight excluding hydrogens is 328 g/mol. The van der Waals surface area contributed by atoms with Crippen molar-refractivity contribution in [2.24, 2.45) is 5.92 Å². The van der Waals surface area contributed by atoms with Crippen LogP contribution in [0.4, 0.5) is 5.69 Å². The van der Waals surface area contributed by atoms with E-state index in [0.29, 0.717) is 11.4 Å². The molecule has 0 spiro atoms. The molecule has 2 aromatic carbocycles. The molecule has 0 aliphatic heterocycles. The second kappa shape index (κ2) is 7.83. The largest absolute Gasteiger partial charge is 0.497 e. The van der Waals surface area contributed by atoms with Crippen LogP contribution >= 0.6 is 0 Å². The van der Waals surface area contributed by atoms with E-state index in [2.05, 4.69) is 11.4 Å². The molecular formula is C21H20N2O3. The summed E-state index contributed by atoms with van der Waals surface area (Å²) in [4.78, 5) is 24.9. The van der Waals surface area contributed by atoms with Crippen LogP contribution in [0.1, 0.15) is 29.9 Å². The Balaban J connectivity index is 1.65. The predicted octanol–water partition coefficient (Wildman–Crippen LogP) is 3.46. The van der Waals surface area contributed by atoms with Gasteiger partial charge in [0, 0.05) is 12.1 Å². The third-order valence-electron chi connectivity index (χ3n) is 4.78. The van der Waals surface area contributed by atoms with Crippen molar-refractivity contribution in [2.45, 2.75) is 25.2 Å². The average molecular weight is 348 g/mol. The number of ether oxygens (including phenoxy) is 1. The molecule has 26 heavy (non-hydrogen) atoms. The van der Waals surface area contributed by atoms with Crippen LogP contribution in [0.5, 0.6) is 5.75 Å². The minimum atomic E-state index is -1.30. The molecule has 3 rings (SSSR count). The average Bonchev–Trinajstić information content (AvgIpc) is 3.06. The highest BCUT2D eigenvalue weighted by atomic mass is 16.5. The van der Waals surface area contributed by atoms with Crippen LogP contribution in [0, 0.1) is 17.2 Å². The predicted molar refractivity (Wildman–Crippen MR) is 97.9 cm³/mol. The number of aryl methyl sites for hydroxylation is 1. The molecule has 5 heteroatoms. The Labute approximate surface area is 152 Å². The molecule has 0 saturated heterocycles. The molecule has 1 amide bonds. The topological polar surface area (TPSA) is 79.2 Å². The molecule has 0 fully saturated rings. The van der Waals surface area contributed by atoms with E-state index in [-0.39, 0.29) is 18.1 Å². The summed E-state index contributed by atoms with van der Waals surface area (Å²) in [5.74, 6) is -1.47. The highest BCUT2D eigenvalue weighted by Crippen LogP contribution is 2.36. The van der Waals surface area contributed by atoms with Crippen LogP contribution in [0.2, 0.25) is 0 Å². The van der Waals surface area contributed by atoms with Crippen molar-refractivity contribution in [3.05, 3.63) is 59.7 Å². The number of benzene rings is 2. The van der Waals surface area contributed by atoms with Gasteiger partial charge in [0.1, 0.15) is 5.75 Å². The van der Waals surface area contributed by atoms with Gasteiger partial charge in [-0.05, 0) is 54.2 Å². The van der Waals surface area contributed by atoms with Crippen molar-refractivity contribution in [3.63, 3.8) is 0 Å². The number of amides is 1. The zero-order chi connectivity index (χ0) is 18.5. The number of anilines is 1. The first-order valence-corrected chi connectivity index (χ1v) is 8.57. The number of fused-ring (bicyclic) bond motifs is 1. The molecule has 0 saturated carbocycles. The molecule has 1 N–H and O–H groups in total. The zero-order valence-corrected chi connectivity index (χ0v) is 14.6. The number of nitrogens with zero attached hydrogens (tertiary/aromatic N) is 1. The standard InChI is InChI=1S/C21H20N2O3/c1-26-17-10-8-16(9-11-17)23-21(25)19(13-22)20(24)12-15-7-6-14-4-2-3-5-18(14)15/h2-5,8-11,15,19H,6-7,12H2,1H3,(H,23,25)/t15-,19+/m0/s1. The molecule has 132 valence electrons. The number of carbonyl (C=O) groups excluding carboxylic acids is 2. The van der Waals surface area contributed by atoms with Crippen LogP contribution in [0.3, 0.4) is 0 Å². The monoisotopic (exact) mass is 348 g/mol. The molecule has 0 heterocycles. The van der Waals surface area contributed by atoms with E-state index in [9.17, 15) is 14.9 Å². The van der Waals surface area contributed by atoms with E-state index in [0.717, 1.165) is 18.4 Å². The summed E-state index contributed by atoms with van der Waals surface area (Å²) >= 11 is 0. The van der Waals surface area contributed by atoms with E-state index < -0.39 is 11.8 Å². The number of methoxy groups -OCH3 is 1. The number of Topliss-reactive ketones (excluding diaryl/α,β-unsaturated/α-hetero) is 1. The maximum absolute atomic E-state index is 12.6.